The molecule has 1 aliphatic heterocycles. The third kappa shape index (κ3) is 4.99. The quantitative estimate of drug-likeness (QED) is 0.863. The lowest BCUT2D eigenvalue weighted by molar-refractivity contribution is 0.161. The second-order valence-electron chi connectivity index (χ2n) is 7.28. The molecule has 25 heavy (non-hydrogen) atoms. The van der Waals surface area contributed by atoms with Crippen LogP contribution >= 0.6 is 0 Å². The molecule has 1 heterocycles. The van der Waals surface area contributed by atoms with Crippen LogP contribution in [0.1, 0.15) is 44.9 Å². The maximum Gasteiger partial charge on any atom is 0.240 e. The van der Waals surface area contributed by atoms with E-state index in [2.05, 4.69) is 9.62 Å². The smallest absolute Gasteiger partial charge is 0.240 e. The molecule has 1 aromatic rings. The van der Waals surface area contributed by atoms with E-state index in [1.807, 2.05) is 0 Å². The van der Waals surface area contributed by atoms with Crippen molar-refractivity contribution in [1.29, 1.82) is 0 Å². The number of rotatable bonds is 5. The molecule has 1 N–H and O–H groups in total. The van der Waals surface area contributed by atoms with Crippen molar-refractivity contribution < 1.29 is 17.2 Å². The molecule has 0 spiro atoms. The van der Waals surface area contributed by atoms with Gasteiger partial charge in [-0.1, -0.05) is 19.3 Å². The van der Waals surface area contributed by atoms with Gasteiger partial charge in [-0.2, -0.15) is 0 Å². The summed E-state index contributed by atoms with van der Waals surface area (Å²) in [5, 5.41) is 0. The first-order chi connectivity index (χ1) is 11.9. The number of piperidine rings is 1. The fourth-order valence-corrected chi connectivity index (χ4v) is 5.22. The molecule has 2 fully saturated rings. The van der Waals surface area contributed by atoms with Crippen LogP contribution in [0.4, 0.5) is 8.78 Å². The molecule has 1 saturated heterocycles. The van der Waals surface area contributed by atoms with Crippen molar-refractivity contribution in [3.63, 3.8) is 0 Å². The first kappa shape index (κ1) is 18.7. The lowest BCUT2D eigenvalue weighted by atomic mass is 9.88. The van der Waals surface area contributed by atoms with Gasteiger partial charge in [0, 0.05) is 12.6 Å². The molecule has 140 valence electrons. The van der Waals surface area contributed by atoms with Gasteiger partial charge in [0.1, 0.15) is 0 Å². The Bertz CT molecular complexity index is 682. The minimum Gasteiger partial charge on any atom is -0.303 e. The standard InChI is InChI=1S/C18H26F2N2O2S/c19-17-7-6-16(12-18(17)20)25(23,24)21-15-8-10-22(11-9-15)13-14-4-2-1-3-5-14/h6-7,12,14-15,21H,1-5,8-11,13H2. The Kier molecular flexibility index (Phi) is 6.07. The minimum absolute atomic E-state index is 0.152. The van der Waals surface area contributed by atoms with E-state index in [1.165, 1.54) is 32.1 Å². The molecule has 3 rings (SSSR count). The number of sulfonamides is 1. The summed E-state index contributed by atoms with van der Waals surface area (Å²) in [6, 6.07) is 2.52. The predicted octanol–water partition coefficient (Wildman–Crippen LogP) is 3.29. The molecule has 0 amide bonds. The van der Waals surface area contributed by atoms with E-state index >= 15 is 0 Å². The Morgan fingerprint density at radius 2 is 1.68 bits per heavy atom. The minimum atomic E-state index is -3.82. The van der Waals surface area contributed by atoms with Gasteiger partial charge in [-0.05, 0) is 62.9 Å². The molecular weight excluding hydrogens is 346 g/mol. The van der Waals surface area contributed by atoms with Crippen LogP contribution in [0.2, 0.25) is 0 Å². The largest absolute Gasteiger partial charge is 0.303 e. The highest BCUT2D eigenvalue weighted by atomic mass is 32.2. The Morgan fingerprint density at radius 1 is 1.00 bits per heavy atom. The molecule has 2 aliphatic rings. The molecule has 4 nitrogen and oxygen atoms in total. The molecule has 0 bridgehead atoms. The molecule has 7 heteroatoms. The van der Waals surface area contributed by atoms with Crippen LogP contribution in [0.15, 0.2) is 23.1 Å². The van der Waals surface area contributed by atoms with Crippen molar-refractivity contribution in [2.45, 2.75) is 55.9 Å². The van der Waals surface area contributed by atoms with Crippen LogP contribution in [0.25, 0.3) is 0 Å². The Labute approximate surface area is 148 Å². The van der Waals surface area contributed by atoms with Crippen molar-refractivity contribution in [1.82, 2.24) is 9.62 Å². The van der Waals surface area contributed by atoms with Crippen molar-refractivity contribution in [2.24, 2.45) is 5.92 Å². The zero-order valence-corrected chi connectivity index (χ0v) is 15.2. The first-order valence-corrected chi connectivity index (χ1v) is 10.6. The van der Waals surface area contributed by atoms with Crippen LogP contribution in [0.5, 0.6) is 0 Å². The highest BCUT2D eigenvalue weighted by Crippen LogP contribution is 2.25. The van der Waals surface area contributed by atoms with Gasteiger partial charge in [-0.15, -0.1) is 0 Å². The highest BCUT2D eigenvalue weighted by Gasteiger charge is 2.26. The Morgan fingerprint density at radius 3 is 2.32 bits per heavy atom. The Hall–Kier alpha value is -1.05. The van der Waals surface area contributed by atoms with Gasteiger partial charge in [-0.25, -0.2) is 21.9 Å². The number of nitrogens with zero attached hydrogens (tertiary/aromatic N) is 1. The Balaban J connectivity index is 1.51. The number of halogens is 2. The van der Waals surface area contributed by atoms with E-state index in [4.69, 9.17) is 0 Å². The number of benzene rings is 1. The summed E-state index contributed by atoms with van der Waals surface area (Å²) in [4.78, 5) is 2.20. The third-order valence-corrected chi connectivity index (χ3v) is 6.87. The first-order valence-electron chi connectivity index (χ1n) is 9.14. The van der Waals surface area contributed by atoms with Gasteiger partial charge in [0.2, 0.25) is 10.0 Å². The maximum atomic E-state index is 13.3. The van der Waals surface area contributed by atoms with E-state index in [0.29, 0.717) is 0 Å². The molecule has 1 aromatic carbocycles. The fraction of sp³-hybridized carbons (Fsp3) is 0.667. The predicted molar refractivity (Wildman–Crippen MR) is 92.7 cm³/mol. The van der Waals surface area contributed by atoms with Crippen LogP contribution in [0, 0.1) is 17.6 Å². The summed E-state index contributed by atoms with van der Waals surface area (Å²) in [5.74, 6) is -1.41. The van der Waals surface area contributed by atoms with Crippen molar-refractivity contribution in [2.75, 3.05) is 19.6 Å². The van der Waals surface area contributed by atoms with Crippen LogP contribution < -0.4 is 4.72 Å². The van der Waals surface area contributed by atoms with Crippen LogP contribution in [0.3, 0.4) is 0 Å². The SMILES string of the molecule is O=S(=O)(NC1CCN(CC2CCCCC2)CC1)c1ccc(F)c(F)c1. The van der Waals surface area contributed by atoms with Crippen molar-refractivity contribution >= 4 is 10.0 Å². The van der Waals surface area contributed by atoms with E-state index in [9.17, 15) is 17.2 Å². The average molecular weight is 372 g/mol. The van der Waals surface area contributed by atoms with E-state index < -0.39 is 21.7 Å². The van der Waals surface area contributed by atoms with E-state index in [-0.39, 0.29) is 10.9 Å². The molecule has 0 atom stereocenters. The lowest BCUT2D eigenvalue weighted by Gasteiger charge is -2.35. The monoisotopic (exact) mass is 372 g/mol. The van der Waals surface area contributed by atoms with Crippen LogP contribution in [-0.2, 0) is 10.0 Å². The molecule has 0 radical (unpaired) electrons. The topological polar surface area (TPSA) is 49.4 Å². The summed E-state index contributed by atoms with van der Waals surface area (Å²) in [6.45, 7) is 2.87. The molecule has 1 saturated carbocycles. The fourth-order valence-electron chi connectivity index (χ4n) is 3.90. The van der Waals surface area contributed by atoms with Crippen molar-refractivity contribution in [3.8, 4) is 0 Å². The number of nitrogens with one attached hydrogen (secondary N) is 1. The summed E-state index contributed by atoms with van der Waals surface area (Å²) in [7, 11) is -3.82. The summed E-state index contributed by atoms with van der Waals surface area (Å²) in [5.41, 5.74) is 0. The molecule has 1 aliphatic carbocycles. The lowest BCUT2D eigenvalue weighted by Crippen LogP contribution is -2.45. The van der Waals surface area contributed by atoms with Gasteiger partial charge >= 0.3 is 0 Å². The van der Waals surface area contributed by atoms with Gasteiger partial charge in [0.05, 0.1) is 4.90 Å². The summed E-state index contributed by atoms with van der Waals surface area (Å²) >= 11 is 0. The summed E-state index contributed by atoms with van der Waals surface area (Å²) in [6.07, 6.45) is 8.12. The van der Waals surface area contributed by atoms with Gasteiger partial charge < -0.3 is 4.90 Å². The molecular formula is C18H26F2N2O2S. The van der Waals surface area contributed by atoms with Gasteiger partial charge in [0.25, 0.3) is 0 Å². The highest BCUT2D eigenvalue weighted by molar-refractivity contribution is 7.89. The van der Waals surface area contributed by atoms with Crippen molar-refractivity contribution in [3.05, 3.63) is 29.8 Å². The number of hydrogen-bond acceptors (Lipinski definition) is 3. The maximum absolute atomic E-state index is 13.3. The zero-order valence-electron chi connectivity index (χ0n) is 14.4. The molecule has 0 unspecified atom stereocenters. The second kappa shape index (κ2) is 8.10. The zero-order chi connectivity index (χ0) is 17.9. The van der Waals surface area contributed by atoms with Crippen LogP contribution in [-0.4, -0.2) is 39.0 Å². The number of hydrogen-bond donors (Lipinski definition) is 1. The summed E-state index contributed by atoms with van der Waals surface area (Å²) < 4.78 is 53.6. The second-order valence-corrected chi connectivity index (χ2v) is 8.99. The average Bonchev–Trinajstić information content (AvgIpc) is 2.60. The third-order valence-electron chi connectivity index (χ3n) is 5.35. The number of likely N-dealkylation sites (tertiary alicyclic amines) is 1. The van der Waals surface area contributed by atoms with E-state index in [1.54, 1.807) is 0 Å². The van der Waals surface area contributed by atoms with Gasteiger partial charge in [0.15, 0.2) is 11.6 Å². The van der Waals surface area contributed by atoms with E-state index in [0.717, 1.165) is 56.6 Å². The molecule has 0 aromatic heterocycles. The normalized spacial score (nSPS) is 21.5. The van der Waals surface area contributed by atoms with Gasteiger partial charge in [-0.3, -0.25) is 0 Å².